The fourth-order valence-electron chi connectivity index (χ4n) is 0.717. The van der Waals surface area contributed by atoms with Gasteiger partial charge in [-0.15, -0.1) is 0 Å². The third-order valence-corrected chi connectivity index (χ3v) is 1.79. The van der Waals surface area contributed by atoms with Crippen LogP contribution in [0, 0.1) is 0 Å². The van der Waals surface area contributed by atoms with Gasteiger partial charge in [0.15, 0.2) is 0 Å². The van der Waals surface area contributed by atoms with Gasteiger partial charge < -0.3 is 5.73 Å². The molecular weight excluding hydrogens is 230 g/mol. The Morgan fingerprint density at radius 2 is 2.17 bits per heavy atom. The molecule has 0 aliphatic carbocycles. The van der Waals surface area contributed by atoms with Crippen LogP contribution in [-0.2, 0) is 5.92 Å². The van der Waals surface area contributed by atoms with Gasteiger partial charge in [-0.3, -0.25) is 0 Å². The molecule has 5 heteroatoms. The van der Waals surface area contributed by atoms with Crippen LogP contribution in [0.4, 0.5) is 8.78 Å². The van der Waals surface area contributed by atoms with Crippen molar-refractivity contribution >= 4 is 15.9 Å². The molecule has 0 atom stereocenters. The van der Waals surface area contributed by atoms with Crippen LogP contribution in [0.25, 0.3) is 0 Å². The first kappa shape index (κ1) is 9.54. The van der Waals surface area contributed by atoms with E-state index in [9.17, 15) is 8.78 Å². The standard InChI is InChI=1S/C7H7BrF2N2/c8-6-3-1-2-5(12-6)7(9,10)4-11/h1-3H,4,11H2. The summed E-state index contributed by atoms with van der Waals surface area (Å²) in [7, 11) is 0. The zero-order valence-electron chi connectivity index (χ0n) is 6.10. The van der Waals surface area contributed by atoms with Gasteiger partial charge in [0.2, 0.25) is 0 Å². The molecule has 1 aromatic heterocycles. The predicted molar refractivity (Wildman–Crippen MR) is 44.9 cm³/mol. The summed E-state index contributed by atoms with van der Waals surface area (Å²) in [5, 5.41) is 0. The fraction of sp³-hybridized carbons (Fsp3) is 0.286. The Morgan fingerprint density at radius 3 is 2.67 bits per heavy atom. The van der Waals surface area contributed by atoms with E-state index in [1.54, 1.807) is 6.07 Å². The van der Waals surface area contributed by atoms with Gasteiger partial charge in [-0.25, -0.2) is 4.98 Å². The van der Waals surface area contributed by atoms with Crippen LogP contribution in [0.15, 0.2) is 22.8 Å². The third kappa shape index (κ3) is 1.98. The number of nitrogens with zero attached hydrogens (tertiary/aromatic N) is 1. The van der Waals surface area contributed by atoms with E-state index < -0.39 is 12.5 Å². The lowest BCUT2D eigenvalue weighted by Crippen LogP contribution is -2.26. The summed E-state index contributed by atoms with van der Waals surface area (Å²) >= 11 is 3.00. The molecule has 2 N–H and O–H groups in total. The van der Waals surface area contributed by atoms with Crippen LogP contribution in [-0.4, -0.2) is 11.5 Å². The van der Waals surface area contributed by atoms with Crippen molar-refractivity contribution in [3.63, 3.8) is 0 Å². The molecule has 0 radical (unpaired) electrons. The smallest absolute Gasteiger partial charge is 0.301 e. The number of halogens is 3. The molecule has 0 spiro atoms. The van der Waals surface area contributed by atoms with Crippen LogP contribution in [0.1, 0.15) is 5.69 Å². The quantitative estimate of drug-likeness (QED) is 0.797. The van der Waals surface area contributed by atoms with Crippen LogP contribution in [0.3, 0.4) is 0 Å². The normalized spacial score (nSPS) is 11.7. The molecule has 0 amide bonds. The van der Waals surface area contributed by atoms with Crippen molar-refractivity contribution < 1.29 is 8.78 Å². The summed E-state index contributed by atoms with van der Waals surface area (Å²) < 4.78 is 26.1. The van der Waals surface area contributed by atoms with Crippen LogP contribution in [0.2, 0.25) is 0 Å². The molecule has 0 aliphatic rings. The number of aromatic nitrogens is 1. The highest BCUT2D eigenvalue weighted by atomic mass is 79.9. The second-order valence-corrected chi connectivity index (χ2v) is 3.07. The van der Waals surface area contributed by atoms with Crippen LogP contribution < -0.4 is 5.73 Å². The number of alkyl halides is 2. The Bertz CT molecular complexity index is 278. The van der Waals surface area contributed by atoms with Gasteiger partial charge in [-0.2, -0.15) is 8.78 Å². The van der Waals surface area contributed by atoms with Crippen molar-refractivity contribution in [3.05, 3.63) is 28.5 Å². The molecule has 0 fully saturated rings. The molecular formula is C7H7BrF2N2. The van der Waals surface area contributed by atoms with E-state index in [1.165, 1.54) is 12.1 Å². The molecule has 66 valence electrons. The van der Waals surface area contributed by atoms with Gasteiger partial charge in [0.05, 0.1) is 6.54 Å². The van der Waals surface area contributed by atoms with Crippen molar-refractivity contribution in [1.82, 2.24) is 4.98 Å². The highest BCUT2D eigenvalue weighted by Crippen LogP contribution is 2.25. The van der Waals surface area contributed by atoms with E-state index in [2.05, 4.69) is 20.9 Å². The van der Waals surface area contributed by atoms with Crippen molar-refractivity contribution in [3.8, 4) is 0 Å². The third-order valence-electron chi connectivity index (χ3n) is 1.35. The Labute approximate surface area is 76.9 Å². The van der Waals surface area contributed by atoms with Crippen molar-refractivity contribution in [2.45, 2.75) is 5.92 Å². The average Bonchev–Trinajstić information content (AvgIpc) is 2.05. The topological polar surface area (TPSA) is 38.9 Å². The molecule has 2 nitrogen and oxygen atoms in total. The first-order chi connectivity index (χ1) is 5.56. The predicted octanol–water partition coefficient (Wildman–Crippen LogP) is 1.89. The first-order valence-corrected chi connectivity index (χ1v) is 4.06. The lowest BCUT2D eigenvalue weighted by atomic mass is 10.2. The molecule has 0 aliphatic heterocycles. The number of hydrogen-bond donors (Lipinski definition) is 1. The largest absolute Gasteiger partial charge is 0.325 e. The van der Waals surface area contributed by atoms with E-state index >= 15 is 0 Å². The van der Waals surface area contributed by atoms with Gasteiger partial charge in [0.1, 0.15) is 10.3 Å². The van der Waals surface area contributed by atoms with Gasteiger partial charge in [-0.05, 0) is 28.1 Å². The summed E-state index contributed by atoms with van der Waals surface area (Å²) in [5.74, 6) is -3.04. The molecule has 0 bridgehead atoms. The van der Waals surface area contributed by atoms with E-state index in [-0.39, 0.29) is 5.69 Å². The minimum Gasteiger partial charge on any atom is -0.325 e. The summed E-state index contributed by atoms with van der Waals surface area (Å²) in [6.07, 6.45) is 0. The van der Waals surface area contributed by atoms with Crippen molar-refractivity contribution in [2.75, 3.05) is 6.54 Å². The number of pyridine rings is 1. The van der Waals surface area contributed by atoms with Gasteiger partial charge in [0, 0.05) is 0 Å². The maximum atomic E-state index is 12.9. The molecule has 1 aromatic rings. The van der Waals surface area contributed by atoms with Crippen molar-refractivity contribution in [2.24, 2.45) is 5.73 Å². The van der Waals surface area contributed by atoms with Gasteiger partial charge in [0.25, 0.3) is 0 Å². The van der Waals surface area contributed by atoms with E-state index in [1.807, 2.05) is 0 Å². The molecule has 0 aromatic carbocycles. The minimum absolute atomic E-state index is 0.306. The molecule has 12 heavy (non-hydrogen) atoms. The summed E-state index contributed by atoms with van der Waals surface area (Å²) in [4.78, 5) is 3.60. The molecule has 1 heterocycles. The second kappa shape index (κ2) is 3.45. The summed E-state index contributed by atoms with van der Waals surface area (Å²) in [5.41, 5.74) is 4.58. The Morgan fingerprint density at radius 1 is 1.50 bits per heavy atom. The molecule has 0 unspecified atom stereocenters. The zero-order chi connectivity index (χ0) is 9.19. The number of nitrogens with two attached hydrogens (primary N) is 1. The Hall–Kier alpha value is -0.550. The number of hydrogen-bond acceptors (Lipinski definition) is 2. The maximum absolute atomic E-state index is 12.9. The summed E-state index contributed by atoms with van der Waals surface area (Å²) in [6, 6.07) is 4.32. The highest BCUT2D eigenvalue weighted by Gasteiger charge is 2.31. The monoisotopic (exact) mass is 236 g/mol. The second-order valence-electron chi connectivity index (χ2n) is 2.25. The summed E-state index contributed by atoms with van der Waals surface area (Å²) in [6.45, 7) is -0.726. The Kier molecular flexibility index (Phi) is 2.74. The lowest BCUT2D eigenvalue weighted by Gasteiger charge is -2.12. The lowest BCUT2D eigenvalue weighted by molar-refractivity contribution is 0.00124. The molecule has 0 saturated heterocycles. The van der Waals surface area contributed by atoms with Gasteiger partial charge in [-0.1, -0.05) is 6.07 Å². The van der Waals surface area contributed by atoms with Crippen molar-refractivity contribution in [1.29, 1.82) is 0 Å². The van der Waals surface area contributed by atoms with E-state index in [4.69, 9.17) is 5.73 Å². The van der Waals surface area contributed by atoms with Gasteiger partial charge >= 0.3 is 5.92 Å². The maximum Gasteiger partial charge on any atom is 0.301 e. The first-order valence-electron chi connectivity index (χ1n) is 3.27. The average molecular weight is 237 g/mol. The molecule has 0 saturated carbocycles. The van der Waals surface area contributed by atoms with E-state index in [0.717, 1.165) is 0 Å². The van der Waals surface area contributed by atoms with Crippen LogP contribution >= 0.6 is 15.9 Å². The highest BCUT2D eigenvalue weighted by molar-refractivity contribution is 9.10. The number of rotatable bonds is 2. The molecule has 1 rings (SSSR count). The zero-order valence-corrected chi connectivity index (χ0v) is 7.68. The fourth-order valence-corrected chi connectivity index (χ4v) is 1.06. The van der Waals surface area contributed by atoms with Crippen LogP contribution in [0.5, 0.6) is 0 Å². The Balaban J connectivity index is 3.03. The SMILES string of the molecule is NCC(F)(F)c1cccc(Br)n1. The van der Waals surface area contributed by atoms with E-state index in [0.29, 0.717) is 4.60 Å². The minimum atomic E-state index is -3.04.